The highest BCUT2D eigenvalue weighted by molar-refractivity contribution is 7.10. The van der Waals surface area contributed by atoms with Gasteiger partial charge in [-0.05, 0) is 17.0 Å². The summed E-state index contributed by atoms with van der Waals surface area (Å²) in [5.74, 6) is 0.501. The molecule has 0 saturated carbocycles. The largest absolute Gasteiger partial charge is 0.339 e. The standard InChI is InChI=1S/C23H26N2OS/c1-17(2)22(18-10-5-3-6-11-18)24-16-21(26)25-23(20-14-9-15-27-20)19-12-7-4-8-13-19/h3-15,17,22-24H,16H2,1-2H3,(H,25,26)/p+1/t22-,23+/m1/s1. The van der Waals surface area contributed by atoms with Crippen molar-refractivity contribution in [3.8, 4) is 0 Å². The molecule has 3 N–H and O–H groups in total. The molecule has 0 unspecified atom stereocenters. The van der Waals surface area contributed by atoms with Crippen LogP contribution in [0.2, 0.25) is 0 Å². The van der Waals surface area contributed by atoms with E-state index < -0.39 is 0 Å². The Labute approximate surface area is 165 Å². The molecule has 2 aromatic carbocycles. The van der Waals surface area contributed by atoms with E-state index in [1.54, 1.807) is 11.3 Å². The van der Waals surface area contributed by atoms with Crippen LogP contribution in [0, 0.1) is 5.92 Å². The highest BCUT2D eigenvalue weighted by atomic mass is 32.1. The monoisotopic (exact) mass is 379 g/mol. The first kappa shape index (κ1) is 19.3. The van der Waals surface area contributed by atoms with Gasteiger partial charge < -0.3 is 10.6 Å². The minimum Gasteiger partial charge on any atom is -0.339 e. The molecule has 4 heteroatoms. The van der Waals surface area contributed by atoms with Gasteiger partial charge in [0.25, 0.3) is 5.91 Å². The first-order chi connectivity index (χ1) is 13.1. The van der Waals surface area contributed by atoms with Gasteiger partial charge in [0.1, 0.15) is 6.04 Å². The second-order valence-electron chi connectivity index (χ2n) is 7.05. The number of nitrogens with one attached hydrogen (secondary N) is 1. The topological polar surface area (TPSA) is 45.7 Å². The summed E-state index contributed by atoms with van der Waals surface area (Å²) in [4.78, 5) is 13.9. The van der Waals surface area contributed by atoms with E-state index in [1.807, 2.05) is 35.7 Å². The summed E-state index contributed by atoms with van der Waals surface area (Å²) >= 11 is 1.67. The lowest BCUT2D eigenvalue weighted by Crippen LogP contribution is -2.88. The highest BCUT2D eigenvalue weighted by Gasteiger charge is 2.22. The summed E-state index contributed by atoms with van der Waals surface area (Å²) in [6.07, 6.45) is 0. The van der Waals surface area contributed by atoms with Crippen molar-refractivity contribution in [1.82, 2.24) is 5.32 Å². The maximum Gasteiger partial charge on any atom is 0.275 e. The van der Waals surface area contributed by atoms with Crippen LogP contribution in [0.25, 0.3) is 0 Å². The number of hydrogen-bond donors (Lipinski definition) is 2. The van der Waals surface area contributed by atoms with Crippen LogP contribution in [-0.4, -0.2) is 12.5 Å². The van der Waals surface area contributed by atoms with Crippen LogP contribution < -0.4 is 10.6 Å². The van der Waals surface area contributed by atoms with Crippen molar-refractivity contribution in [1.29, 1.82) is 0 Å². The van der Waals surface area contributed by atoms with E-state index in [2.05, 4.69) is 66.9 Å². The van der Waals surface area contributed by atoms with Crippen LogP contribution in [0.1, 0.15) is 41.9 Å². The Kier molecular flexibility index (Phi) is 6.80. The maximum atomic E-state index is 12.7. The average Bonchev–Trinajstić information content (AvgIpc) is 3.22. The summed E-state index contributed by atoms with van der Waals surface area (Å²) in [5, 5.41) is 7.42. The maximum absolute atomic E-state index is 12.7. The number of hydrogen-bond acceptors (Lipinski definition) is 2. The van der Waals surface area contributed by atoms with Crippen molar-refractivity contribution in [3.63, 3.8) is 0 Å². The van der Waals surface area contributed by atoms with E-state index in [0.29, 0.717) is 12.5 Å². The molecule has 1 heterocycles. The zero-order chi connectivity index (χ0) is 19.1. The molecule has 0 bridgehead atoms. The van der Waals surface area contributed by atoms with E-state index in [1.165, 1.54) is 5.56 Å². The van der Waals surface area contributed by atoms with Crippen LogP contribution in [0.5, 0.6) is 0 Å². The smallest absolute Gasteiger partial charge is 0.275 e. The van der Waals surface area contributed by atoms with Gasteiger partial charge in [0.2, 0.25) is 0 Å². The molecule has 0 radical (unpaired) electrons. The van der Waals surface area contributed by atoms with Gasteiger partial charge in [0, 0.05) is 16.4 Å². The predicted octanol–water partition coefficient (Wildman–Crippen LogP) is 3.91. The second kappa shape index (κ2) is 9.49. The SMILES string of the molecule is CC(C)[C@@H]([NH2+]CC(=O)N[C@@H](c1ccccc1)c1cccs1)c1ccccc1. The number of quaternary nitrogens is 1. The molecular weight excluding hydrogens is 352 g/mol. The Morgan fingerprint density at radius 2 is 1.56 bits per heavy atom. The van der Waals surface area contributed by atoms with E-state index in [0.717, 1.165) is 10.4 Å². The van der Waals surface area contributed by atoms with E-state index in [4.69, 9.17) is 0 Å². The van der Waals surface area contributed by atoms with Gasteiger partial charge in [0.05, 0.1) is 6.04 Å². The van der Waals surface area contributed by atoms with E-state index in [-0.39, 0.29) is 18.0 Å². The number of amides is 1. The Morgan fingerprint density at radius 1 is 0.926 bits per heavy atom. The van der Waals surface area contributed by atoms with E-state index >= 15 is 0 Å². The molecule has 0 aliphatic rings. The molecular formula is C23H27N2OS+. The number of nitrogens with two attached hydrogens (primary N) is 1. The summed E-state index contributed by atoms with van der Waals surface area (Å²) in [6, 6.07) is 24.8. The normalized spacial score (nSPS) is 13.3. The molecule has 1 amide bonds. The minimum atomic E-state index is -0.0960. The predicted molar refractivity (Wildman–Crippen MR) is 112 cm³/mol. The molecule has 0 saturated heterocycles. The lowest BCUT2D eigenvalue weighted by Gasteiger charge is -2.21. The van der Waals surface area contributed by atoms with Crippen molar-refractivity contribution >= 4 is 17.2 Å². The fourth-order valence-electron chi connectivity index (χ4n) is 3.34. The van der Waals surface area contributed by atoms with Crippen LogP contribution in [0.4, 0.5) is 0 Å². The fraction of sp³-hybridized carbons (Fsp3) is 0.261. The molecule has 27 heavy (non-hydrogen) atoms. The number of benzene rings is 2. The molecule has 2 atom stereocenters. The van der Waals surface area contributed by atoms with Crippen molar-refractivity contribution in [2.75, 3.05) is 6.54 Å². The first-order valence-corrected chi connectivity index (χ1v) is 10.3. The van der Waals surface area contributed by atoms with Gasteiger partial charge in [-0.2, -0.15) is 0 Å². The zero-order valence-corrected chi connectivity index (χ0v) is 16.7. The van der Waals surface area contributed by atoms with Gasteiger partial charge in [-0.3, -0.25) is 4.79 Å². The molecule has 140 valence electrons. The minimum absolute atomic E-state index is 0.0545. The molecule has 0 spiro atoms. The molecule has 1 aromatic heterocycles. The molecule has 3 nitrogen and oxygen atoms in total. The van der Waals surface area contributed by atoms with Crippen molar-refractivity contribution in [2.24, 2.45) is 5.92 Å². The van der Waals surface area contributed by atoms with Gasteiger partial charge in [-0.1, -0.05) is 80.6 Å². The molecule has 0 fully saturated rings. The van der Waals surface area contributed by atoms with Crippen molar-refractivity contribution in [2.45, 2.75) is 25.9 Å². The van der Waals surface area contributed by atoms with Crippen LogP contribution in [-0.2, 0) is 4.79 Å². The Balaban J connectivity index is 1.67. The Bertz CT molecular complexity index is 816. The third-order valence-electron chi connectivity index (χ3n) is 4.73. The Morgan fingerprint density at radius 3 is 2.11 bits per heavy atom. The molecule has 3 aromatic rings. The summed E-state index contributed by atoms with van der Waals surface area (Å²) < 4.78 is 0. The first-order valence-electron chi connectivity index (χ1n) is 9.41. The number of carbonyl (C=O) groups is 1. The fourth-order valence-corrected chi connectivity index (χ4v) is 4.14. The second-order valence-corrected chi connectivity index (χ2v) is 8.03. The number of carbonyl (C=O) groups excluding carboxylic acids is 1. The van der Waals surface area contributed by atoms with Crippen LogP contribution in [0.3, 0.4) is 0 Å². The number of thiophene rings is 1. The lowest BCUT2D eigenvalue weighted by atomic mass is 9.96. The molecule has 3 rings (SSSR count). The van der Waals surface area contributed by atoms with Crippen LogP contribution in [0.15, 0.2) is 78.2 Å². The quantitative estimate of drug-likeness (QED) is 0.612. The third kappa shape index (κ3) is 5.28. The van der Waals surface area contributed by atoms with Gasteiger partial charge in [0.15, 0.2) is 6.54 Å². The van der Waals surface area contributed by atoms with Gasteiger partial charge in [-0.25, -0.2) is 0 Å². The van der Waals surface area contributed by atoms with Crippen molar-refractivity contribution < 1.29 is 10.1 Å². The average molecular weight is 380 g/mol. The zero-order valence-electron chi connectivity index (χ0n) is 15.8. The molecule has 0 aliphatic heterocycles. The van der Waals surface area contributed by atoms with Gasteiger partial charge in [-0.15, -0.1) is 11.3 Å². The van der Waals surface area contributed by atoms with Crippen molar-refractivity contribution in [3.05, 3.63) is 94.2 Å². The van der Waals surface area contributed by atoms with Gasteiger partial charge >= 0.3 is 0 Å². The number of rotatable bonds is 8. The highest BCUT2D eigenvalue weighted by Crippen LogP contribution is 2.25. The summed E-state index contributed by atoms with van der Waals surface area (Å²) in [5.41, 5.74) is 2.37. The summed E-state index contributed by atoms with van der Waals surface area (Å²) in [6.45, 7) is 4.81. The molecule has 0 aliphatic carbocycles. The summed E-state index contributed by atoms with van der Waals surface area (Å²) in [7, 11) is 0. The lowest BCUT2D eigenvalue weighted by molar-refractivity contribution is -0.692. The Hall–Kier alpha value is -2.43. The third-order valence-corrected chi connectivity index (χ3v) is 5.66. The van der Waals surface area contributed by atoms with Crippen LogP contribution >= 0.6 is 11.3 Å². The van der Waals surface area contributed by atoms with E-state index in [9.17, 15) is 4.79 Å².